The average Bonchev–Trinajstić information content (AvgIpc) is 2.73. The van der Waals surface area contributed by atoms with E-state index in [1.54, 1.807) is 6.07 Å². The van der Waals surface area contributed by atoms with Crippen molar-refractivity contribution in [2.24, 2.45) is 0 Å². The molecule has 0 radical (unpaired) electrons. The third-order valence-electron chi connectivity index (χ3n) is 4.18. The third kappa shape index (κ3) is 6.83. The summed E-state index contributed by atoms with van der Waals surface area (Å²) in [6.07, 6.45) is 1.95. The van der Waals surface area contributed by atoms with Crippen molar-refractivity contribution in [3.05, 3.63) is 93.6 Å². The van der Waals surface area contributed by atoms with Crippen LogP contribution in [0.4, 0.5) is 5.69 Å². The van der Waals surface area contributed by atoms with Gasteiger partial charge in [0.2, 0.25) is 0 Å². The molecule has 0 aliphatic rings. The van der Waals surface area contributed by atoms with Gasteiger partial charge < -0.3 is 10.1 Å². The number of amides is 1. The fraction of sp³-hybridized carbons (Fsp3) is 0.130. The van der Waals surface area contributed by atoms with E-state index in [9.17, 15) is 4.79 Å². The topological polar surface area (TPSA) is 50.4 Å². The number of ether oxygens (including phenoxy) is 1. The summed E-state index contributed by atoms with van der Waals surface area (Å²) in [6, 6.07) is 25.3. The van der Waals surface area contributed by atoms with E-state index in [2.05, 4.69) is 57.5 Å². The minimum atomic E-state index is -0.231. The van der Waals surface area contributed by atoms with Crippen LogP contribution in [-0.4, -0.2) is 17.6 Å². The Morgan fingerprint density at radius 1 is 0.931 bits per heavy atom. The van der Waals surface area contributed by atoms with E-state index in [1.165, 1.54) is 5.56 Å². The first-order chi connectivity index (χ1) is 14.1. The predicted molar refractivity (Wildman–Crippen MR) is 130 cm³/mol. The van der Waals surface area contributed by atoms with Gasteiger partial charge in [-0.2, -0.15) is 0 Å². The number of rotatable bonds is 7. The highest BCUT2D eigenvalue weighted by atomic mass is 127. The van der Waals surface area contributed by atoms with E-state index >= 15 is 0 Å². The molecule has 0 saturated heterocycles. The van der Waals surface area contributed by atoms with Crippen LogP contribution in [0.25, 0.3) is 0 Å². The smallest absolute Gasteiger partial charge is 0.258 e. The van der Waals surface area contributed by atoms with Crippen molar-refractivity contribution in [1.82, 2.24) is 5.32 Å². The zero-order valence-electron chi connectivity index (χ0n) is 15.7. The maximum Gasteiger partial charge on any atom is 0.258 e. The van der Waals surface area contributed by atoms with Gasteiger partial charge >= 0.3 is 0 Å². The van der Waals surface area contributed by atoms with E-state index in [0.29, 0.717) is 12.2 Å². The standard InChI is InChI=1S/C23H21IN2O2S/c24-21-11-5-4-10-20(21)22(27)26-23(29)25-18-12-14-19(15-13-18)28-16-6-9-17-7-2-1-3-8-17/h1-5,7-8,10-15H,6,9,16H2,(H2,25,26,27,29). The second-order valence-electron chi connectivity index (χ2n) is 6.35. The molecule has 3 rings (SSSR count). The maximum absolute atomic E-state index is 12.3. The number of anilines is 1. The molecular formula is C23H21IN2O2S. The Morgan fingerprint density at radius 3 is 2.34 bits per heavy atom. The molecule has 0 bridgehead atoms. The lowest BCUT2D eigenvalue weighted by atomic mass is 10.1. The highest BCUT2D eigenvalue weighted by molar-refractivity contribution is 14.1. The molecular weight excluding hydrogens is 495 g/mol. The van der Waals surface area contributed by atoms with Crippen molar-refractivity contribution < 1.29 is 9.53 Å². The fourth-order valence-electron chi connectivity index (χ4n) is 2.72. The van der Waals surface area contributed by atoms with Crippen molar-refractivity contribution in [3.8, 4) is 5.75 Å². The molecule has 4 nitrogen and oxygen atoms in total. The second-order valence-corrected chi connectivity index (χ2v) is 7.92. The Labute approximate surface area is 189 Å². The zero-order chi connectivity index (χ0) is 20.5. The van der Waals surface area contributed by atoms with Gasteiger partial charge in [0, 0.05) is 9.26 Å². The number of benzene rings is 3. The summed E-state index contributed by atoms with van der Waals surface area (Å²) in [5.74, 6) is 0.572. The molecule has 148 valence electrons. The van der Waals surface area contributed by atoms with Crippen LogP contribution in [0.1, 0.15) is 22.3 Å². The average molecular weight is 516 g/mol. The molecule has 0 heterocycles. The van der Waals surface area contributed by atoms with E-state index in [1.807, 2.05) is 48.5 Å². The summed E-state index contributed by atoms with van der Waals surface area (Å²) < 4.78 is 6.67. The molecule has 0 aliphatic heterocycles. The molecule has 0 unspecified atom stereocenters. The van der Waals surface area contributed by atoms with Gasteiger partial charge in [-0.05, 0) is 89.6 Å². The number of hydrogen-bond acceptors (Lipinski definition) is 3. The molecule has 0 aromatic heterocycles. The van der Waals surface area contributed by atoms with Crippen LogP contribution in [0.2, 0.25) is 0 Å². The Morgan fingerprint density at radius 2 is 1.62 bits per heavy atom. The van der Waals surface area contributed by atoms with Crippen molar-refractivity contribution in [2.75, 3.05) is 11.9 Å². The van der Waals surface area contributed by atoms with Crippen LogP contribution in [0.15, 0.2) is 78.9 Å². The number of halogens is 1. The van der Waals surface area contributed by atoms with Crippen LogP contribution in [0, 0.1) is 3.57 Å². The second kappa shape index (κ2) is 10.9. The number of thiocarbonyl (C=S) groups is 1. The first kappa shape index (κ1) is 21.3. The minimum absolute atomic E-state index is 0.231. The van der Waals surface area contributed by atoms with E-state index in [4.69, 9.17) is 17.0 Å². The van der Waals surface area contributed by atoms with Crippen LogP contribution in [0.3, 0.4) is 0 Å². The molecule has 2 N–H and O–H groups in total. The first-order valence-electron chi connectivity index (χ1n) is 9.25. The number of carbonyl (C=O) groups excluding carboxylic acids is 1. The maximum atomic E-state index is 12.3. The van der Waals surface area contributed by atoms with Gasteiger partial charge in [0.25, 0.3) is 5.91 Å². The van der Waals surface area contributed by atoms with Crippen LogP contribution in [-0.2, 0) is 6.42 Å². The molecule has 3 aromatic carbocycles. The molecule has 0 fully saturated rings. The molecule has 6 heteroatoms. The molecule has 3 aromatic rings. The van der Waals surface area contributed by atoms with Gasteiger partial charge in [0.1, 0.15) is 5.75 Å². The quantitative estimate of drug-likeness (QED) is 0.250. The van der Waals surface area contributed by atoms with Crippen molar-refractivity contribution >= 4 is 51.5 Å². The number of carbonyl (C=O) groups is 1. The molecule has 0 spiro atoms. The van der Waals surface area contributed by atoms with E-state index < -0.39 is 0 Å². The SMILES string of the molecule is O=C(NC(=S)Nc1ccc(OCCCc2ccccc2)cc1)c1ccccc1I. The van der Waals surface area contributed by atoms with Gasteiger partial charge in [0.15, 0.2) is 5.11 Å². The van der Waals surface area contributed by atoms with Crippen molar-refractivity contribution in [2.45, 2.75) is 12.8 Å². The summed E-state index contributed by atoms with van der Waals surface area (Å²) in [6.45, 7) is 0.659. The Bertz CT molecular complexity index is 962. The first-order valence-corrected chi connectivity index (χ1v) is 10.7. The van der Waals surface area contributed by atoms with Gasteiger partial charge in [-0.25, -0.2) is 0 Å². The Hall–Kier alpha value is -2.45. The summed E-state index contributed by atoms with van der Waals surface area (Å²) in [5, 5.41) is 5.98. The highest BCUT2D eigenvalue weighted by Crippen LogP contribution is 2.16. The lowest BCUT2D eigenvalue weighted by Gasteiger charge is -2.11. The molecule has 0 atom stereocenters. The van der Waals surface area contributed by atoms with Gasteiger partial charge in [-0.1, -0.05) is 42.5 Å². The monoisotopic (exact) mass is 516 g/mol. The third-order valence-corrected chi connectivity index (χ3v) is 5.32. The molecule has 1 amide bonds. The summed E-state index contributed by atoms with van der Waals surface area (Å²) in [7, 11) is 0. The lowest BCUT2D eigenvalue weighted by molar-refractivity contribution is 0.0977. The largest absolute Gasteiger partial charge is 0.494 e. The van der Waals surface area contributed by atoms with Crippen LogP contribution >= 0.6 is 34.8 Å². The summed E-state index contributed by atoms with van der Waals surface area (Å²) in [4.78, 5) is 12.3. The number of hydrogen-bond donors (Lipinski definition) is 2. The number of aryl methyl sites for hydroxylation is 1. The van der Waals surface area contributed by atoms with Crippen molar-refractivity contribution in [3.63, 3.8) is 0 Å². The fourth-order valence-corrected chi connectivity index (χ4v) is 3.57. The summed E-state index contributed by atoms with van der Waals surface area (Å²) in [5.41, 5.74) is 2.70. The van der Waals surface area contributed by atoms with Crippen molar-refractivity contribution in [1.29, 1.82) is 0 Å². The lowest BCUT2D eigenvalue weighted by Crippen LogP contribution is -2.34. The van der Waals surface area contributed by atoms with Crippen LogP contribution in [0.5, 0.6) is 5.75 Å². The normalized spacial score (nSPS) is 10.2. The predicted octanol–water partition coefficient (Wildman–Crippen LogP) is 5.43. The van der Waals surface area contributed by atoms with Gasteiger partial charge in [-0.15, -0.1) is 0 Å². The Kier molecular flexibility index (Phi) is 8.01. The highest BCUT2D eigenvalue weighted by Gasteiger charge is 2.10. The molecule has 29 heavy (non-hydrogen) atoms. The molecule has 0 saturated carbocycles. The summed E-state index contributed by atoms with van der Waals surface area (Å²) >= 11 is 7.37. The van der Waals surface area contributed by atoms with Gasteiger partial charge in [0.05, 0.1) is 12.2 Å². The number of nitrogens with one attached hydrogen (secondary N) is 2. The van der Waals surface area contributed by atoms with E-state index in [0.717, 1.165) is 27.8 Å². The van der Waals surface area contributed by atoms with Crippen LogP contribution < -0.4 is 15.4 Å². The minimum Gasteiger partial charge on any atom is -0.494 e. The van der Waals surface area contributed by atoms with Gasteiger partial charge in [-0.3, -0.25) is 10.1 Å². The zero-order valence-corrected chi connectivity index (χ0v) is 18.7. The Balaban J connectivity index is 1.43. The molecule has 0 aliphatic carbocycles. The van der Waals surface area contributed by atoms with E-state index in [-0.39, 0.29) is 11.0 Å².